The van der Waals surface area contributed by atoms with Crippen molar-refractivity contribution in [1.82, 2.24) is 4.98 Å². The SMILES string of the molecule is CNc1ccc(Nc2ccc(NC(=O)c3[nH]c(C)c(C(C)=O)c3C)cc2)cc1. The maximum Gasteiger partial charge on any atom is 0.272 e. The minimum absolute atomic E-state index is 0.0523. The van der Waals surface area contributed by atoms with Crippen molar-refractivity contribution in [3.8, 4) is 0 Å². The van der Waals surface area contributed by atoms with Gasteiger partial charge in [-0.15, -0.1) is 0 Å². The predicted octanol–water partition coefficient (Wildman–Crippen LogP) is 4.87. The van der Waals surface area contributed by atoms with Crippen molar-refractivity contribution in [2.24, 2.45) is 0 Å². The van der Waals surface area contributed by atoms with Gasteiger partial charge in [-0.3, -0.25) is 9.59 Å². The maximum atomic E-state index is 12.6. The number of hydrogen-bond donors (Lipinski definition) is 4. The number of benzene rings is 2. The molecule has 0 radical (unpaired) electrons. The Kier molecular flexibility index (Phi) is 5.49. The number of ketones is 1. The Hall–Kier alpha value is -3.54. The van der Waals surface area contributed by atoms with Gasteiger partial charge < -0.3 is 20.9 Å². The second kappa shape index (κ2) is 8.00. The Balaban J connectivity index is 1.69. The number of hydrogen-bond acceptors (Lipinski definition) is 4. The number of rotatable bonds is 6. The fraction of sp³-hybridized carbons (Fsp3) is 0.182. The Morgan fingerprint density at radius 1 is 0.821 bits per heavy atom. The molecule has 0 saturated carbocycles. The molecule has 0 atom stereocenters. The molecular weight excluding hydrogens is 352 g/mol. The number of Topliss-reactive ketones (excluding diaryl/α,β-unsaturated/α-hetero) is 1. The first-order chi connectivity index (χ1) is 13.4. The molecule has 6 nitrogen and oxygen atoms in total. The number of anilines is 4. The van der Waals surface area contributed by atoms with Crippen LogP contribution in [0.1, 0.15) is 39.0 Å². The molecular formula is C22H24N4O2. The summed E-state index contributed by atoms with van der Waals surface area (Å²) in [6.07, 6.45) is 0. The summed E-state index contributed by atoms with van der Waals surface area (Å²) in [5.41, 5.74) is 5.99. The third kappa shape index (κ3) is 4.06. The molecule has 0 bridgehead atoms. The fourth-order valence-electron chi connectivity index (χ4n) is 3.22. The molecule has 1 aromatic heterocycles. The summed E-state index contributed by atoms with van der Waals surface area (Å²) in [6.45, 7) is 5.08. The third-order valence-corrected chi connectivity index (χ3v) is 4.62. The van der Waals surface area contributed by atoms with E-state index in [1.54, 1.807) is 13.8 Å². The summed E-state index contributed by atoms with van der Waals surface area (Å²) in [7, 11) is 1.88. The van der Waals surface area contributed by atoms with Gasteiger partial charge in [-0.2, -0.15) is 0 Å². The lowest BCUT2D eigenvalue weighted by atomic mass is 10.1. The summed E-state index contributed by atoms with van der Waals surface area (Å²) in [5.74, 6) is -0.319. The van der Waals surface area contributed by atoms with Gasteiger partial charge in [-0.25, -0.2) is 0 Å². The van der Waals surface area contributed by atoms with Gasteiger partial charge in [0, 0.05) is 41.1 Å². The van der Waals surface area contributed by atoms with Crippen LogP contribution in [-0.2, 0) is 0 Å². The van der Waals surface area contributed by atoms with Gasteiger partial charge >= 0.3 is 0 Å². The smallest absolute Gasteiger partial charge is 0.272 e. The molecule has 2 aromatic carbocycles. The van der Waals surface area contributed by atoms with Crippen LogP contribution in [0.25, 0.3) is 0 Å². The zero-order valence-electron chi connectivity index (χ0n) is 16.4. The Morgan fingerprint density at radius 3 is 1.79 bits per heavy atom. The average molecular weight is 376 g/mol. The van der Waals surface area contributed by atoms with E-state index in [4.69, 9.17) is 0 Å². The molecule has 144 valence electrons. The third-order valence-electron chi connectivity index (χ3n) is 4.62. The minimum atomic E-state index is -0.267. The highest BCUT2D eigenvalue weighted by Crippen LogP contribution is 2.22. The average Bonchev–Trinajstić information content (AvgIpc) is 2.98. The van der Waals surface area contributed by atoms with Crippen LogP contribution in [0.4, 0.5) is 22.7 Å². The molecule has 0 fully saturated rings. The van der Waals surface area contributed by atoms with Crippen molar-refractivity contribution in [3.63, 3.8) is 0 Å². The van der Waals surface area contributed by atoms with Gasteiger partial charge in [0.15, 0.2) is 5.78 Å². The Bertz CT molecular complexity index is 1000. The largest absolute Gasteiger partial charge is 0.388 e. The molecule has 1 amide bonds. The van der Waals surface area contributed by atoms with E-state index in [9.17, 15) is 9.59 Å². The Labute approximate surface area is 164 Å². The normalized spacial score (nSPS) is 10.4. The summed E-state index contributed by atoms with van der Waals surface area (Å²) in [6, 6.07) is 15.4. The number of carbonyl (C=O) groups excluding carboxylic acids is 2. The Morgan fingerprint density at radius 2 is 1.32 bits per heavy atom. The monoisotopic (exact) mass is 376 g/mol. The number of carbonyl (C=O) groups is 2. The van der Waals surface area contributed by atoms with Crippen LogP contribution in [0.5, 0.6) is 0 Å². The van der Waals surface area contributed by atoms with E-state index in [0.29, 0.717) is 28.2 Å². The van der Waals surface area contributed by atoms with Crippen molar-refractivity contribution < 1.29 is 9.59 Å². The lowest BCUT2D eigenvalue weighted by molar-refractivity contribution is 0.101. The summed E-state index contributed by atoms with van der Waals surface area (Å²) >= 11 is 0. The van der Waals surface area contributed by atoms with Crippen LogP contribution in [0, 0.1) is 13.8 Å². The molecule has 0 aliphatic heterocycles. The lowest BCUT2D eigenvalue weighted by Gasteiger charge is -2.09. The summed E-state index contributed by atoms with van der Waals surface area (Å²) in [4.78, 5) is 27.3. The number of aromatic nitrogens is 1. The van der Waals surface area contributed by atoms with Crippen LogP contribution in [0.2, 0.25) is 0 Å². The van der Waals surface area contributed by atoms with Crippen molar-refractivity contribution in [3.05, 3.63) is 71.0 Å². The van der Waals surface area contributed by atoms with E-state index in [1.807, 2.05) is 55.6 Å². The number of aryl methyl sites for hydroxylation is 1. The van der Waals surface area contributed by atoms with Crippen LogP contribution in [0.3, 0.4) is 0 Å². The lowest BCUT2D eigenvalue weighted by Crippen LogP contribution is -2.13. The number of aromatic amines is 1. The van der Waals surface area contributed by atoms with Crippen LogP contribution in [0.15, 0.2) is 48.5 Å². The summed E-state index contributed by atoms with van der Waals surface area (Å²) < 4.78 is 0. The van der Waals surface area contributed by atoms with Gasteiger partial charge in [0.2, 0.25) is 0 Å². The first-order valence-electron chi connectivity index (χ1n) is 9.05. The zero-order valence-corrected chi connectivity index (χ0v) is 16.4. The van der Waals surface area contributed by atoms with Crippen molar-refractivity contribution >= 4 is 34.4 Å². The van der Waals surface area contributed by atoms with E-state index in [1.165, 1.54) is 6.92 Å². The zero-order chi connectivity index (χ0) is 20.3. The van der Waals surface area contributed by atoms with E-state index in [-0.39, 0.29) is 11.7 Å². The second-order valence-corrected chi connectivity index (χ2v) is 6.67. The fourth-order valence-corrected chi connectivity index (χ4v) is 3.22. The van der Waals surface area contributed by atoms with Crippen LogP contribution >= 0.6 is 0 Å². The number of nitrogens with one attached hydrogen (secondary N) is 4. The highest BCUT2D eigenvalue weighted by atomic mass is 16.2. The molecule has 1 heterocycles. The number of H-pyrrole nitrogens is 1. The van der Waals surface area contributed by atoms with Crippen LogP contribution < -0.4 is 16.0 Å². The highest BCUT2D eigenvalue weighted by Gasteiger charge is 2.19. The molecule has 4 N–H and O–H groups in total. The molecule has 0 aliphatic rings. The standard InChI is InChI=1S/C22H24N4O2/c1-13-20(15(3)27)14(2)24-21(13)22(28)26-19-11-9-18(10-12-19)25-17-7-5-16(23-4)6-8-17/h5-12,23-25H,1-4H3,(H,26,28). The summed E-state index contributed by atoms with van der Waals surface area (Å²) in [5, 5.41) is 9.27. The van der Waals surface area contributed by atoms with E-state index in [0.717, 1.165) is 17.1 Å². The van der Waals surface area contributed by atoms with Gasteiger partial charge in [0.05, 0.1) is 0 Å². The van der Waals surface area contributed by atoms with Gasteiger partial charge in [0.1, 0.15) is 5.69 Å². The highest BCUT2D eigenvalue weighted by molar-refractivity contribution is 6.07. The van der Waals surface area contributed by atoms with Gasteiger partial charge in [0.25, 0.3) is 5.91 Å². The van der Waals surface area contributed by atoms with E-state index in [2.05, 4.69) is 20.9 Å². The molecule has 6 heteroatoms. The first-order valence-corrected chi connectivity index (χ1v) is 9.05. The molecule has 0 saturated heterocycles. The molecule has 3 aromatic rings. The van der Waals surface area contributed by atoms with E-state index < -0.39 is 0 Å². The predicted molar refractivity (Wildman–Crippen MR) is 114 cm³/mol. The van der Waals surface area contributed by atoms with Crippen molar-refractivity contribution in [2.75, 3.05) is 23.0 Å². The topological polar surface area (TPSA) is 86.0 Å². The quantitative estimate of drug-likeness (QED) is 0.462. The molecule has 0 aliphatic carbocycles. The van der Waals surface area contributed by atoms with E-state index >= 15 is 0 Å². The molecule has 0 spiro atoms. The van der Waals surface area contributed by atoms with Gasteiger partial charge in [-0.05, 0) is 74.9 Å². The van der Waals surface area contributed by atoms with Gasteiger partial charge in [-0.1, -0.05) is 0 Å². The van der Waals surface area contributed by atoms with Crippen LogP contribution in [-0.4, -0.2) is 23.7 Å². The first kappa shape index (κ1) is 19.2. The maximum absolute atomic E-state index is 12.6. The molecule has 0 unspecified atom stereocenters. The second-order valence-electron chi connectivity index (χ2n) is 6.67. The van der Waals surface area contributed by atoms with Crippen molar-refractivity contribution in [1.29, 1.82) is 0 Å². The molecule has 28 heavy (non-hydrogen) atoms. The number of amides is 1. The minimum Gasteiger partial charge on any atom is -0.388 e. The molecule has 3 rings (SSSR count). The van der Waals surface area contributed by atoms with Crippen molar-refractivity contribution in [2.45, 2.75) is 20.8 Å².